The number of furan rings is 1. The molecular formula is C52H30N2O. The number of hydrogen-bond donors (Lipinski definition) is 0. The van der Waals surface area contributed by atoms with Gasteiger partial charge in [0.05, 0.1) is 27.5 Å². The van der Waals surface area contributed by atoms with Crippen LogP contribution >= 0.6 is 0 Å². The topological polar surface area (TPSA) is 23.0 Å². The molecule has 3 nitrogen and oxygen atoms in total. The second kappa shape index (κ2) is 10.6. The maximum absolute atomic E-state index is 6.98. The van der Waals surface area contributed by atoms with Gasteiger partial charge in [-0.05, 0) is 86.6 Å². The normalized spacial score (nSPS) is 12.4. The summed E-state index contributed by atoms with van der Waals surface area (Å²) in [5.41, 5.74) is 16.4. The lowest BCUT2D eigenvalue weighted by molar-refractivity contribution is 0.671. The molecule has 0 atom stereocenters. The first kappa shape index (κ1) is 29.1. The summed E-state index contributed by atoms with van der Waals surface area (Å²) in [6, 6.07) is 66.2. The van der Waals surface area contributed by atoms with Gasteiger partial charge >= 0.3 is 0 Å². The quantitative estimate of drug-likeness (QED) is 0.180. The molecule has 1 aliphatic rings. The molecule has 0 aliphatic heterocycles. The van der Waals surface area contributed by atoms with E-state index in [-0.39, 0.29) is 0 Å². The van der Waals surface area contributed by atoms with Crippen LogP contribution in [0, 0.1) is 0 Å². The van der Waals surface area contributed by atoms with Crippen LogP contribution in [0.5, 0.6) is 0 Å². The molecule has 3 heterocycles. The summed E-state index contributed by atoms with van der Waals surface area (Å²) in [5.74, 6) is 0. The number of rotatable bonds is 3. The molecule has 1 aliphatic carbocycles. The minimum atomic E-state index is 0.887. The van der Waals surface area contributed by atoms with Crippen LogP contribution in [0.15, 0.2) is 186 Å². The molecule has 13 rings (SSSR count). The maximum atomic E-state index is 6.98. The summed E-state index contributed by atoms with van der Waals surface area (Å²) in [6.07, 6.45) is 0. The molecule has 12 aromatic rings. The van der Waals surface area contributed by atoms with E-state index < -0.39 is 0 Å². The molecule has 0 saturated carbocycles. The van der Waals surface area contributed by atoms with E-state index in [1.165, 1.54) is 76.7 Å². The molecule has 0 spiro atoms. The fraction of sp³-hybridized carbons (Fsp3) is 0. The SMILES string of the molecule is c1ccc(-n2c3ccccc3c3c4c5ccccc5n(-c5ccc(-c6ccc7c8c(cccc68)-c6ccccc6-7)cc5)c4c4c5ccccc5oc4c32)cc1. The Kier molecular flexibility index (Phi) is 5.63. The molecular weight excluding hydrogens is 669 g/mol. The second-order valence-corrected chi connectivity index (χ2v) is 14.8. The third-order valence-corrected chi connectivity index (χ3v) is 12.0. The van der Waals surface area contributed by atoms with Gasteiger partial charge in [-0.2, -0.15) is 0 Å². The first-order valence-corrected chi connectivity index (χ1v) is 18.9. The van der Waals surface area contributed by atoms with Gasteiger partial charge < -0.3 is 13.6 Å². The Morgan fingerprint density at radius 3 is 1.58 bits per heavy atom. The highest BCUT2D eigenvalue weighted by Gasteiger charge is 2.28. The maximum Gasteiger partial charge on any atom is 0.162 e. The molecule has 254 valence electrons. The highest BCUT2D eigenvalue weighted by molar-refractivity contribution is 6.39. The van der Waals surface area contributed by atoms with Crippen molar-refractivity contribution in [2.24, 2.45) is 0 Å². The number of aromatic nitrogens is 2. The lowest BCUT2D eigenvalue weighted by Gasteiger charge is -2.13. The van der Waals surface area contributed by atoms with Gasteiger partial charge in [-0.3, -0.25) is 0 Å². The van der Waals surface area contributed by atoms with Crippen LogP contribution in [0.25, 0.3) is 121 Å². The second-order valence-electron chi connectivity index (χ2n) is 14.8. The van der Waals surface area contributed by atoms with Crippen LogP contribution in [0.4, 0.5) is 0 Å². The summed E-state index contributed by atoms with van der Waals surface area (Å²) in [5, 5.41) is 9.77. The molecule has 55 heavy (non-hydrogen) atoms. The van der Waals surface area contributed by atoms with Crippen molar-refractivity contribution in [2.45, 2.75) is 0 Å². The van der Waals surface area contributed by atoms with E-state index in [9.17, 15) is 0 Å². The smallest absolute Gasteiger partial charge is 0.162 e. The van der Waals surface area contributed by atoms with E-state index in [0.29, 0.717) is 0 Å². The number of fused-ring (bicyclic) bond motifs is 15. The molecule has 0 amide bonds. The van der Waals surface area contributed by atoms with Crippen molar-refractivity contribution in [3.63, 3.8) is 0 Å². The Hall–Kier alpha value is -7.36. The molecule has 3 heteroatoms. The van der Waals surface area contributed by atoms with E-state index in [1.807, 2.05) is 0 Å². The zero-order chi connectivity index (χ0) is 35.8. The predicted octanol–water partition coefficient (Wildman–Crippen LogP) is 14.2. The predicted molar refractivity (Wildman–Crippen MR) is 230 cm³/mol. The van der Waals surface area contributed by atoms with Crippen molar-refractivity contribution >= 4 is 76.3 Å². The Morgan fingerprint density at radius 2 is 0.836 bits per heavy atom. The highest BCUT2D eigenvalue weighted by Crippen LogP contribution is 2.51. The first-order chi connectivity index (χ1) is 27.3. The first-order valence-electron chi connectivity index (χ1n) is 18.9. The van der Waals surface area contributed by atoms with Gasteiger partial charge in [0.2, 0.25) is 0 Å². The summed E-state index contributed by atoms with van der Waals surface area (Å²) in [4.78, 5) is 0. The average Bonchev–Trinajstić information content (AvgIpc) is 3.99. The van der Waals surface area contributed by atoms with Crippen molar-refractivity contribution < 1.29 is 4.42 Å². The number of para-hydroxylation sites is 4. The number of hydrogen-bond acceptors (Lipinski definition) is 1. The van der Waals surface area contributed by atoms with Crippen molar-refractivity contribution in [2.75, 3.05) is 0 Å². The fourth-order valence-electron chi connectivity index (χ4n) is 9.85. The summed E-state index contributed by atoms with van der Waals surface area (Å²) < 4.78 is 11.8. The third-order valence-electron chi connectivity index (χ3n) is 12.0. The molecule has 3 aromatic heterocycles. The lowest BCUT2D eigenvalue weighted by Crippen LogP contribution is -1.96. The van der Waals surface area contributed by atoms with Crippen LogP contribution < -0.4 is 0 Å². The standard InChI is InChI=1S/C52H30N2O/c1-2-13-32(14-3-1)54-44-23-10-7-18-41(44)48-47-40-17-6-9-22-43(40)53(50(47)49-42-19-8-11-24-45(42)55-52(49)51(48)54)33-27-25-31(26-28-33)34-29-30-39-36-16-5-4-15-35(36)38-21-12-20-37(34)46(38)39/h1-30H. The monoisotopic (exact) mass is 698 g/mol. The van der Waals surface area contributed by atoms with Gasteiger partial charge in [-0.15, -0.1) is 0 Å². The average molecular weight is 699 g/mol. The van der Waals surface area contributed by atoms with Crippen molar-refractivity contribution in [1.29, 1.82) is 0 Å². The molecule has 0 bridgehead atoms. The zero-order valence-electron chi connectivity index (χ0n) is 29.6. The number of benzene rings is 9. The van der Waals surface area contributed by atoms with Gasteiger partial charge in [0.1, 0.15) is 5.58 Å². The molecule has 0 N–H and O–H groups in total. The van der Waals surface area contributed by atoms with Crippen LogP contribution in [-0.2, 0) is 0 Å². The van der Waals surface area contributed by atoms with Gasteiger partial charge in [-0.1, -0.05) is 140 Å². The molecule has 0 unspecified atom stereocenters. The van der Waals surface area contributed by atoms with Gasteiger partial charge in [0.15, 0.2) is 5.58 Å². The third kappa shape index (κ3) is 3.74. The summed E-state index contributed by atoms with van der Waals surface area (Å²) in [7, 11) is 0. The van der Waals surface area contributed by atoms with Crippen LogP contribution in [0.3, 0.4) is 0 Å². The van der Waals surface area contributed by atoms with Crippen molar-refractivity contribution in [1.82, 2.24) is 9.13 Å². The molecule has 0 fully saturated rings. The Labute approximate surface area is 315 Å². The lowest BCUT2D eigenvalue weighted by atomic mass is 9.94. The van der Waals surface area contributed by atoms with E-state index >= 15 is 0 Å². The molecule has 9 aromatic carbocycles. The molecule has 0 saturated heterocycles. The van der Waals surface area contributed by atoms with E-state index in [2.05, 4.69) is 191 Å². The van der Waals surface area contributed by atoms with Crippen LogP contribution in [0.2, 0.25) is 0 Å². The van der Waals surface area contributed by atoms with Gasteiger partial charge in [0, 0.05) is 38.3 Å². The van der Waals surface area contributed by atoms with E-state index in [1.54, 1.807) is 0 Å². The summed E-state index contributed by atoms with van der Waals surface area (Å²) in [6.45, 7) is 0. The van der Waals surface area contributed by atoms with E-state index in [0.717, 1.165) is 44.3 Å². The van der Waals surface area contributed by atoms with Crippen LogP contribution in [-0.4, -0.2) is 9.13 Å². The van der Waals surface area contributed by atoms with Crippen molar-refractivity contribution in [3.05, 3.63) is 182 Å². The molecule has 0 radical (unpaired) electrons. The fourth-order valence-corrected chi connectivity index (χ4v) is 9.85. The minimum absolute atomic E-state index is 0.887. The van der Waals surface area contributed by atoms with E-state index in [4.69, 9.17) is 4.42 Å². The largest absolute Gasteiger partial charge is 0.454 e. The van der Waals surface area contributed by atoms with Gasteiger partial charge in [-0.25, -0.2) is 0 Å². The number of nitrogens with zero attached hydrogens (tertiary/aromatic N) is 2. The Balaban J connectivity index is 1.13. The van der Waals surface area contributed by atoms with Crippen molar-refractivity contribution in [3.8, 4) is 44.8 Å². The Morgan fingerprint density at radius 1 is 0.309 bits per heavy atom. The zero-order valence-corrected chi connectivity index (χ0v) is 29.6. The Bertz CT molecular complexity index is 3550. The van der Waals surface area contributed by atoms with Gasteiger partial charge in [0.25, 0.3) is 0 Å². The summed E-state index contributed by atoms with van der Waals surface area (Å²) >= 11 is 0. The van der Waals surface area contributed by atoms with Crippen LogP contribution in [0.1, 0.15) is 0 Å². The minimum Gasteiger partial charge on any atom is -0.454 e. The highest BCUT2D eigenvalue weighted by atomic mass is 16.3.